The average Bonchev–Trinajstić information content (AvgIpc) is 3.01. The number of carbonyl (C=O) groups excluding carboxylic acids is 1. The second-order valence-electron chi connectivity index (χ2n) is 6.06. The first-order valence-corrected chi connectivity index (χ1v) is 10.6. The van der Waals surface area contributed by atoms with Gasteiger partial charge in [-0.15, -0.1) is 0 Å². The molecule has 152 valence electrons. The van der Waals surface area contributed by atoms with E-state index < -0.39 is 0 Å². The molecule has 3 rings (SSSR count). The molecule has 0 aliphatic carbocycles. The first-order chi connectivity index (χ1) is 13.9. The summed E-state index contributed by atoms with van der Waals surface area (Å²) in [6.45, 7) is 6.60. The Kier molecular flexibility index (Phi) is 7.11. The third-order valence-corrected chi connectivity index (χ3v) is 5.63. The number of amidine groups is 1. The van der Waals surface area contributed by atoms with E-state index in [1.165, 1.54) is 11.8 Å². The Morgan fingerprint density at radius 1 is 1.14 bits per heavy atom. The number of nitrogens with one attached hydrogen (secondary N) is 1. The lowest BCUT2D eigenvalue weighted by Gasteiger charge is -2.13. The number of rotatable bonds is 6. The fraction of sp³-hybridized carbons (Fsp3) is 0.238. The molecule has 1 amide bonds. The van der Waals surface area contributed by atoms with Crippen LogP contribution >= 0.6 is 35.0 Å². The monoisotopic (exact) mass is 450 g/mol. The molecule has 2 aromatic carbocycles. The number of benzene rings is 2. The van der Waals surface area contributed by atoms with Crippen LogP contribution in [0.3, 0.4) is 0 Å². The van der Waals surface area contributed by atoms with Gasteiger partial charge in [0.25, 0.3) is 5.91 Å². The number of ether oxygens (including phenoxy) is 2. The van der Waals surface area contributed by atoms with E-state index in [0.717, 1.165) is 11.1 Å². The summed E-state index contributed by atoms with van der Waals surface area (Å²) < 4.78 is 11.2. The van der Waals surface area contributed by atoms with Crippen LogP contribution in [0.1, 0.15) is 25.0 Å². The van der Waals surface area contributed by atoms with Crippen molar-refractivity contribution in [2.75, 3.05) is 13.2 Å². The van der Waals surface area contributed by atoms with Gasteiger partial charge in [-0.2, -0.15) is 0 Å². The summed E-state index contributed by atoms with van der Waals surface area (Å²) in [6, 6.07) is 9.02. The van der Waals surface area contributed by atoms with Gasteiger partial charge in [-0.1, -0.05) is 29.3 Å². The fourth-order valence-electron chi connectivity index (χ4n) is 2.68. The molecule has 1 fully saturated rings. The Balaban J connectivity index is 1.90. The summed E-state index contributed by atoms with van der Waals surface area (Å²) in [5.41, 5.74) is 2.30. The van der Waals surface area contributed by atoms with E-state index >= 15 is 0 Å². The van der Waals surface area contributed by atoms with Crippen LogP contribution in [0.25, 0.3) is 6.08 Å². The van der Waals surface area contributed by atoms with Crippen molar-refractivity contribution in [1.82, 2.24) is 5.32 Å². The maximum Gasteiger partial charge on any atom is 0.264 e. The maximum absolute atomic E-state index is 12.4. The molecule has 0 unspecified atom stereocenters. The number of aliphatic imine (C=N–C) groups is 1. The normalized spacial score (nSPS) is 16.4. The van der Waals surface area contributed by atoms with Gasteiger partial charge in [0.1, 0.15) is 0 Å². The largest absolute Gasteiger partial charge is 0.490 e. The standard InChI is InChI=1S/C21H20Cl2N2O3S/c1-4-27-17-10-13(9-15(23)19(17)28-5-2)11-18-20(26)25-21(29-18)24-16-8-6-7-14(22)12(16)3/h6-11H,4-5H2,1-3H3,(H,24,25,26)/b18-11+. The van der Waals surface area contributed by atoms with Crippen LogP contribution in [0.4, 0.5) is 5.69 Å². The van der Waals surface area contributed by atoms with Gasteiger partial charge < -0.3 is 14.8 Å². The van der Waals surface area contributed by atoms with Crippen molar-refractivity contribution < 1.29 is 14.3 Å². The zero-order chi connectivity index (χ0) is 21.0. The van der Waals surface area contributed by atoms with Gasteiger partial charge in [-0.3, -0.25) is 4.79 Å². The van der Waals surface area contributed by atoms with E-state index in [-0.39, 0.29) is 5.91 Å². The molecular formula is C21H20Cl2N2O3S. The molecule has 29 heavy (non-hydrogen) atoms. The summed E-state index contributed by atoms with van der Waals surface area (Å²) in [4.78, 5) is 17.4. The number of thioether (sulfide) groups is 1. The van der Waals surface area contributed by atoms with E-state index in [9.17, 15) is 4.79 Å². The smallest absolute Gasteiger partial charge is 0.264 e. The van der Waals surface area contributed by atoms with Crippen LogP contribution < -0.4 is 14.8 Å². The minimum absolute atomic E-state index is 0.226. The predicted molar refractivity (Wildman–Crippen MR) is 121 cm³/mol. The molecule has 0 bridgehead atoms. The number of carbonyl (C=O) groups is 1. The first-order valence-electron chi connectivity index (χ1n) is 9.06. The van der Waals surface area contributed by atoms with Crippen molar-refractivity contribution in [1.29, 1.82) is 0 Å². The van der Waals surface area contributed by atoms with Crippen molar-refractivity contribution >= 4 is 57.8 Å². The number of nitrogens with zero attached hydrogens (tertiary/aromatic N) is 1. The molecule has 1 heterocycles. The lowest BCUT2D eigenvalue weighted by molar-refractivity contribution is -0.115. The Labute approximate surface area is 184 Å². The molecule has 1 aliphatic heterocycles. The van der Waals surface area contributed by atoms with E-state index in [0.29, 0.717) is 50.5 Å². The van der Waals surface area contributed by atoms with Crippen molar-refractivity contribution in [3.05, 3.63) is 56.4 Å². The van der Waals surface area contributed by atoms with E-state index in [1.807, 2.05) is 32.9 Å². The summed E-state index contributed by atoms with van der Waals surface area (Å²) >= 11 is 13.8. The summed E-state index contributed by atoms with van der Waals surface area (Å²) in [6.07, 6.45) is 1.75. The Morgan fingerprint density at radius 2 is 1.90 bits per heavy atom. The first kappa shape index (κ1) is 21.6. The van der Waals surface area contributed by atoms with Crippen molar-refractivity contribution in [3.8, 4) is 11.5 Å². The van der Waals surface area contributed by atoms with Crippen LogP contribution in [-0.4, -0.2) is 24.3 Å². The number of hydrogen-bond donors (Lipinski definition) is 1. The lowest BCUT2D eigenvalue weighted by atomic mass is 10.2. The molecule has 2 aromatic rings. The van der Waals surface area contributed by atoms with Gasteiger partial charge in [0.15, 0.2) is 16.7 Å². The zero-order valence-corrected chi connectivity index (χ0v) is 18.5. The van der Waals surface area contributed by atoms with Crippen LogP contribution in [-0.2, 0) is 4.79 Å². The minimum Gasteiger partial charge on any atom is -0.490 e. The number of halogens is 2. The van der Waals surface area contributed by atoms with Gasteiger partial charge in [-0.25, -0.2) is 4.99 Å². The zero-order valence-electron chi connectivity index (χ0n) is 16.2. The second kappa shape index (κ2) is 9.57. The minimum atomic E-state index is -0.226. The highest BCUT2D eigenvalue weighted by molar-refractivity contribution is 8.18. The molecule has 0 spiro atoms. The molecule has 0 aromatic heterocycles. The highest BCUT2D eigenvalue weighted by Crippen LogP contribution is 2.38. The molecule has 1 N–H and O–H groups in total. The molecule has 1 aliphatic rings. The van der Waals surface area contributed by atoms with E-state index in [4.69, 9.17) is 32.7 Å². The third-order valence-electron chi connectivity index (χ3n) is 4.03. The molecule has 0 radical (unpaired) electrons. The van der Waals surface area contributed by atoms with Crippen molar-refractivity contribution in [2.45, 2.75) is 20.8 Å². The van der Waals surface area contributed by atoms with Crippen molar-refractivity contribution in [2.24, 2.45) is 4.99 Å². The van der Waals surface area contributed by atoms with Gasteiger partial charge in [-0.05, 0) is 74.0 Å². The third kappa shape index (κ3) is 5.07. The average molecular weight is 451 g/mol. The maximum atomic E-state index is 12.4. The summed E-state index contributed by atoms with van der Waals surface area (Å²) in [5, 5.41) is 4.33. The topological polar surface area (TPSA) is 59.9 Å². The Hall–Kier alpha value is -2.15. The Bertz CT molecular complexity index is 1010. The fourth-order valence-corrected chi connectivity index (χ4v) is 3.96. The van der Waals surface area contributed by atoms with Crippen LogP contribution in [0.2, 0.25) is 10.0 Å². The predicted octanol–water partition coefficient (Wildman–Crippen LogP) is 5.99. The van der Waals surface area contributed by atoms with Gasteiger partial charge >= 0.3 is 0 Å². The van der Waals surface area contributed by atoms with E-state index in [2.05, 4.69) is 10.3 Å². The highest BCUT2D eigenvalue weighted by Gasteiger charge is 2.24. The Morgan fingerprint density at radius 3 is 2.62 bits per heavy atom. The molecule has 1 saturated heterocycles. The van der Waals surface area contributed by atoms with Gasteiger partial charge in [0, 0.05) is 5.02 Å². The second-order valence-corrected chi connectivity index (χ2v) is 7.91. The molecule has 8 heteroatoms. The quantitative estimate of drug-likeness (QED) is 0.548. The molecule has 0 atom stereocenters. The number of amides is 1. The molecular weight excluding hydrogens is 431 g/mol. The van der Waals surface area contributed by atoms with E-state index in [1.54, 1.807) is 24.3 Å². The highest BCUT2D eigenvalue weighted by atomic mass is 35.5. The summed E-state index contributed by atoms with van der Waals surface area (Å²) in [5.74, 6) is 0.817. The lowest BCUT2D eigenvalue weighted by Crippen LogP contribution is -2.19. The van der Waals surface area contributed by atoms with Gasteiger partial charge in [0.2, 0.25) is 0 Å². The SMILES string of the molecule is CCOc1cc(/C=C2/SC(=Nc3cccc(Cl)c3C)NC2=O)cc(Cl)c1OCC. The number of hydrogen-bond acceptors (Lipinski definition) is 5. The van der Waals surface area contributed by atoms with Crippen molar-refractivity contribution in [3.63, 3.8) is 0 Å². The van der Waals surface area contributed by atoms with Crippen LogP contribution in [0, 0.1) is 6.92 Å². The molecule has 5 nitrogen and oxygen atoms in total. The van der Waals surface area contributed by atoms with Gasteiger partial charge in [0.05, 0.1) is 28.8 Å². The molecule has 0 saturated carbocycles. The van der Waals surface area contributed by atoms with Crippen LogP contribution in [0.5, 0.6) is 11.5 Å². The van der Waals surface area contributed by atoms with Crippen LogP contribution in [0.15, 0.2) is 40.2 Å². The summed E-state index contributed by atoms with van der Waals surface area (Å²) in [7, 11) is 0.